The molecule has 2 N–H and O–H groups in total. The SMILES string of the molecule is CCCCC(CC)COC(=O)/C(C#N)=C1/C=C(NC2CCCCC2NC2=C/C(=C(\C#N)C(=O)OCC(CC)CCCC)CCC2)CCC1. The summed E-state index contributed by atoms with van der Waals surface area (Å²) >= 11 is 0. The third kappa shape index (κ3) is 12.2. The average molecular weight is 661 g/mol. The molecule has 48 heavy (non-hydrogen) atoms. The van der Waals surface area contributed by atoms with Crippen molar-refractivity contribution in [2.24, 2.45) is 11.8 Å². The molecule has 0 radical (unpaired) electrons. The number of rotatable bonds is 18. The van der Waals surface area contributed by atoms with Gasteiger partial charge < -0.3 is 20.1 Å². The molecule has 0 aliphatic heterocycles. The lowest BCUT2D eigenvalue weighted by atomic mass is 9.87. The average Bonchev–Trinajstić information content (AvgIpc) is 3.10. The van der Waals surface area contributed by atoms with Crippen LogP contribution in [0.15, 0.2) is 45.8 Å². The van der Waals surface area contributed by atoms with Gasteiger partial charge in [-0.2, -0.15) is 10.5 Å². The zero-order valence-corrected chi connectivity index (χ0v) is 30.1. The van der Waals surface area contributed by atoms with Gasteiger partial charge in [0.05, 0.1) is 13.2 Å². The summed E-state index contributed by atoms with van der Waals surface area (Å²) < 4.78 is 11.3. The van der Waals surface area contributed by atoms with Crippen LogP contribution in [0.3, 0.4) is 0 Å². The Balaban J connectivity index is 1.69. The minimum absolute atomic E-state index is 0.127. The summed E-state index contributed by atoms with van der Waals surface area (Å²) in [4.78, 5) is 25.9. The molecule has 1 fully saturated rings. The van der Waals surface area contributed by atoms with Crippen LogP contribution in [-0.2, 0) is 19.1 Å². The second-order valence-corrected chi connectivity index (χ2v) is 13.9. The van der Waals surface area contributed by atoms with Crippen molar-refractivity contribution in [3.05, 3.63) is 45.8 Å². The maximum Gasteiger partial charge on any atom is 0.349 e. The molecule has 0 spiro atoms. The molecular formula is C40H60N4O4. The summed E-state index contributed by atoms with van der Waals surface area (Å²) in [6.07, 6.45) is 21.6. The molecule has 3 rings (SSSR count). The number of carbonyl (C=O) groups excluding carboxylic acids is 2. The highest BCUT2D eigenvalue weighted by atomic mass is 16.5. The number of carbonyl (C=O) groups is 2. The van der Waals surface area contributed by atoms with Crippen LogP contribution in [0.5, 0.6) is 0 Å². The molecule has 0 heterocycles. The number of hydrogen-bond donors (Lipinski definition) is 2. The number of allylic oxidation sites excluding steroid dienone is 6. The van der Waals surface area contributed by atoms with Gasteiger partial charge in [0, 0.05) is 23.5 Å². The molecule has 3 aliphatic carbocycles. The van der Waals surface area contributed by atoms with Gasteiger partial charge >= 0.3 is 11.9 Å². The maximum absolute atomic E-state index is 13.0. The van der Waals surface area contributed by atoms with Crippen molar-refractivity contribution in [2.45, 2.75) is 155 Å². The third-order valence-corrected chi connectivity index (χ3v) is 10.2. The number of nitrogens with zero attached hydrogens (tertiary/aromatic N) is 2. The maximum atomic E-state index is 13.0. The van der Waals surface area contributed by atoms with E-state index < -0.39 is 11.9 Å². The Morgan fingerprint density at radius 2 is 1.12 bits per heavy atom. The van der Waals surface area contributed by atoms with Crippen LogP contribution < -0.4 is 10.6 Å². The van der Waals surface area contributed by atoms with Crippen molar-refractivity contribution < 1.29 is 19.1 Å². The summed E-state index contributed by atoms with van der Waals surface area (Å²) in [6, 6.07) is 4.67. The van der Waals surface area contributed by atoms with E-state index in [1.807, 2.05) is 12.2 Å². The van der Waals surface area contributed by atoms with Gasteiger partial charge in [-0.15, -0.1) is 0 Å². The molecule has 0 bridgehead atoms. The van der Waals surface area contributed by atoms with E-state index in [-0.39, 0.29) is 23.2 Å². The van der Waals surface area contributed by atoms with E-state index in [4.69, 9.17) is 9.47 Å². The van der Waals surface area contributed by atoms with Crippen LogP contribution in [0.1, 0.15) is 143 Å². The fraction of sp³-hybridized carbons (Fsp3) is 0.700. The van der Waals surface area contributed by atoms with Gasteiger partial charge in [0.15, 0.2) is 0 Å². The Morgan fingerprint density at radius 3 is 1.48 bits per heavy atom. The molecule has 0 aromatic rings. The summed E-state index contributed by atoms with van der Waals surface area (Å²) in [5, 5.41) is 27.4. The first-order valence-corrected chi connectivity index (χ1v) is 18.9. The molecule has 3 aliphatic rings. The fourth-order valence-corrected chi connectivity index (χ4v) is 7.05. The lowest BCUT2D eigenvalue weighted by Gasteiger charge is -2.36. The second kappa shape index (κ2) is 21.5. The molecule has 0 aromatic carbocycles. The minimum atomic E-state index is -0.507. The van der Waals surface area contributed by atoms with Crippen LogP contribution in [0, 0.1) is 34.5 Å². The van der Waals surface area contributed by atoms with E-state index >= 15 is 0 Å². The number of nitriles is 2. The highest BCUT2D eigenvalue weighted by molar-refractivity contribution is 5.94. The van der Waals surface area contributed by atoms with Crippen LogP contribution >= 0.6 is 0 Å². The lowest BCUT2D eigenvalue weighted by Crippen LogP contribution is -2.49. The number of hydrogen-bond acceptors (Lipinski definition) is 8. The summed E-state index contributed by atoms with van der Waals surface area (Å²) in [7, 11) is 0. The monoisotopic (exact) mass is 660 g/mol. The first kappa shape index (κ1) is 38.9. The Hall–Kier alpha value is -3.52. The van der Waals surface area contributed by atoms with Gasteiger partial charge in [-0.1, -0.05) is 79.1 Å². The van der Waals surface area contributed by atoms with E-state index in [2.05, 4.69) is 50.5 Å². The predicted molar refractivity (Wildman–Crippen MR) is 190 cm³/mol. The van der Waals surface area contributed by atoms with Crippen molar-refractivity contribution in [3.63, 3.8) is 0 Å². The van der Waals surface area contributed by atoms with E-state index in [1.54, 1.807) is 0 Å². The molecular weight excluding hydrogens is 600 g/mol. The van der Waals surface area contributed by atoms with Gasteiger partial charge in [0.2, 0.25) is 0 Å². The van der Waals surface area contributed by atoms with Crippen molar-refractivity contribution >= 4 is 11.9 Å². The molecule has 4 unspecified atom stereocenters. The Morgan fingerprint density at radius 1 is 0.708 bits per heavy atom. The van der Waals surface area contributed by atoms with E-state index in [0.717, 1.165) is 125 Å². The smallest absolute Gasteiger partial charge is 0.349 e. The molecule has 8 heteroatoms. The fourth-order valence-electron chi connectivity index (χ4n) is 7.05. The number of esters is 2. The molecule has 0 amide bonds. The van der Waals surface area contributed by atoms with Crippen LogP contribution in [0.25, 0.3) is 0 Å². The highest BCUT2D eigenvalue weighted by Crippen LogP contribution is 2.30. The quantitative estimate of drug-likeness (QED) is 0.0849. The van der Waals surface area contributed by atoms with Crippen LogP contribution in [0.4, 0.5) is 0 Å². The Labute approximate surface area is 290 Å². The van der Waals surface area contributed by atoms with Crippen LogP contribution in [0.2, 0.25) is 0 Å². The van der Waals surface area contributed by atoms with Gasteiger partial charge in [-0.05, 0) is 99.3 Å². The van der Waals surface area contributed by atoms with E-state index in [0.29, 0.717) is 37.9 Å². The largest absolute Gasteiger partial charge is 0.461 e. The summed E-state index contributed by atoms with van der Waals surface area (Å²) in [6.45, 7) is 9.28. The first-order chi connectivity index (χ1) is 23.4. The van der Waals surface area contributed by atoms with Crippen LogP contribution in [-0.4, -0.2) is 37.2 Å². The zero-order valence-electron chi connectivity index (χ0n) is 30.1. The summed E-state index contributed by atoms with van der Waals surface area (Å²) in [5.41, 5.74) is 3.89. The van der Waals surface area contributed by atoms with Gasteiger partial charge in [-0.25, -0.2) is 9.59 Å². The van der Waals surface area contributed by atoms with Gasteiger partial charge in [0.1, 0.15) is 23.3 Å². The molecule has 4 atom stereocenters. The Bertz CT molecular complexity index is 1180. The topological polar surface area (TPSA) is 124 Å². The van der Waals surface area contributed by atoms with Crippen molar-refractivity contribution in [1.29, 1.82) is 10.5 Å². The third-order valence-electron chi connectivity index (χ3n) is 10.2. The lowest BCUT2D eigenvalue weighted by molar-refractivity contribution is -0.141. The normalized spacial score (nSPS) is 22.9. The van der Waals surface area contributed by atoms with Gasteiger partial charge in [0.25, 0.3) is 0 Å². The molecule has 8 nitrogen and oxygen atoms in total. The standard InChI is InChI=1S/C40H60N4O4/c1-5-9-15-29(7-3)27-47-39(45)35(25-41)31-17-13-19-33(23-31)43-37-21-11-12-22-38(37)44-34-20-14-18-32(24-34)36(26-42)40(46)48-28-30(8-4)16-10-6-2/h23-24,29-30,37-38,43-44H,5-22,27-28H2,1-4H3/b35-31+,36-32+. The van der Waals surface area contributed by atoms with E-state index in [1.165, 1.54) is 0 Å². The van der Waals surface area contributed by atoms with Crippen molar-refractivity contribution in [3.8, 4) is 12.1 Å². The molecule has 264 valence electrons. The van der Waals surface area contributed by atoms with E-state index in [9.17, 15) is 20.1 Å². The molecule has 0 aromatic heterocycles. The zero-order chi connectivity index (χ0) is 34.7. The number of nitrogens with one attached hydrogen (secondary N) is 2. The Kier molecular flexibility index (Phi) is 17.4. The van der Waals surface area contributed by atoms with Crippen molar-refractivity contribution in [1.82, 2.24) is 10.6 Å². The van der Waals surface area contributed by atoms with Crippen molar-refractivity contribution in [2.75, 3.05) is 13.2 Å². The number of ether oxygens (including phenoxy) is 2. The summed E-state index contributed by atoms with van der Waals surface area (Å²) in [5.74, 6) is -0.359. The first-order valence-electron chi connectivity index (χ1n) is 18.9. The second-order valence-electron chi connectivity index (χ2n) is 13.9. The highest BCUT2D eigenvalue weighted by Gasteiger charge is 2.29. The molecule has 0 saturated heterocycles. The minimum Gasteiger partial charge on any atom is -0.461 e. The van der Waals surface area contributed by atoms with Gasteiger partial charge in [-0.3, -0.25) is 0 Å². The predicted octanol–water partition coefficient (Wildman–Crippen LogP) is 8.77. The number of unbranched alkanes of at least 4 members (excludes halogenated alkanes) is 2. The molecule has 1 saturated carbocycles.